The Kier molecular flexibility index (Phi) is 12.1. The van der Waals surface area contributed by atoms with E-state index in [2.05, 4.69) is 34.6 Å². The van der Waals surface area contributed by atoms with Gasteiger partial charge in [0.15, 0.2) is 9.76 Å². The van der Waals surface area contributed by atoms with Crippen LogP contribution < -0.4 is 18.9 Å². The van der Waals surface area contributed by atoms with Crippen LogP contribution in [0.25, 0.3) is 0 Å². The molecular weight excluding hydrogens is 195 g/mol. The molecule has 88 valence electrons. The van der Waals surface area contributed by atoms with Crippen LogP contribution >= 0.6 is 0 Å². The zero-order chi connectivity index (χ0) is 11.0. The Bertz CT molecular complexity index is 143. The molecule has 0 radical (unpaired) electrons. The number of rotatable bonds is 8. The molecule has 3 heteroatoms. The fourth-order valence-corrected chi connectivity index (χ4v) is 2.34. The van der Waals surface area contributed by atoms with Crippen LogP contribution in [-0.4, -0.2) is 16.4 Å². The average molecular weight is 224 g/mol. The number of unbranched alkanes of at least 4 members (excludes halogenated alkanes) is 3. The third-order valence-corrected chi connectivity index (χ3v) is 5.23. The standard InChI is InChI=1S/C12H28OSi.Li.H/c1-6-7-8-9-10-13-14-12(4,5)11(2)3;;/h11H,6-10,14H2,1-5H3;;/q;+1;-1. The molecule has 0 fully saturated rings. The van der Waals surface area contributed by atoms with Gasteiger partial charge < -0.3 is 5.85 Å². The summed E-state index contributed by atoms with van der Waals surface area (Å²) in [4.78, 5) is 0. The zero-order valence-electron chi connectivity index (χ0n) is 12.7. The first kappa shape index (κ1) is 18.1. The van der Waals surface area contributed by atoms with Gasteiger partial charge in [-0.25, -0.2) is 0 Å². The maximum Gasteiger partial charge on any atom is 1.00 e. The maximum atomic E-state index is 5.85. The first-order chi connectivity index (χ1) is 6.50. The van der Waals surface area contributed by atoms with Gasteiger partial charge in [-0.15, -0.1) is 0 Å². The summed E-state index contributed by atoms with van der Waals surface area (Å²) in [6, 6.07) is 0. The van der Waals surface area contributed by atoms with E-state index in [1.807, 2.05) is 0 Å². The van der Waals surface area contributed by atoms with Crippen LogP contribution in [0.1, 0.15) is 61.7 Å². The fourth-order valence-electron chi connectivity index (χ4n) is 1.13. The molecule has 0 aliphatic rings. The molecule has 0 aliphatic heterocycles. The van der Waals surface area contributed by atoms with E-state index in [-0.39, 0.29) is 30.1 Å². The summed E-state index contributed by atoms with van der Waals surface area (Å²) in [7, 11) is -0.342. The molecule has 0 aromatic heterocycles. The Balaban J connectivity index is -0.000000845. The largest absolute Gasteiger partial charge is 1.00 e. The average Bonchev–Trinajstić information content (AvgIpc) is 2.10. The number of hydrogen-bond donors (Lipinski definition) is 0. The van der Waals surface area contributed by atoms with Gasteiger partial charge >= 0.3 is 18.9 Å². The van der Waals surface area contributed by atoms with Gasteiger partial charge in [-0.3, -0.25) is 0 Å². The van der Waals surface area contributed by atoms with E-state index in [1.54, 1.807) is 0 Å². The molecule has 0 aromatic carbocycles. The molecule has 1 nitrogen and oxygen atoms in total. The van der Waals surface area contributed by atoms with Crippen molar-refractivity contribution in [3.05, 3.63) is 0 Å². The Morgan fingerprint density at radius 1 is 1.20 bits per heavy atom. The van der Waals surface area contributed by atoms with Crippen molar-refractivity contribution in [2.75, 3.05) is 6.61 Å². The quantitative estimate of drug-likeness (QED) is 0.434. The minimum absolute atomic E-state index is 0. The van der Waals surface area contributed by atoms with E-state index >= 15 is 0 Å². The molecular formula is C12H29LiOSi. The van der Waals surface area contributed by atoms with Crippen molar-refractivity contribution in [3.8, 4) is 0 Å². The molecule has 15 heavy (non-hydrogen) atoms. The monoisotopic (exact) mass is 224 g/mol. The van der Waals surface area contributed by atoms with Crippen molar-refractivity contribution in [3.63, 3.8) is 0 Å². The summed E-state index contributed by atoms with van der Waals surface area (Å²) < 4.78 is 5.85. The Morgan fingerprint density at radius 2 is 1.80 bits per heavy atom. The Labute approximate surface area is 112 Å². The predicted octanol–water partition coefficient (Wildman–Crippen LogP) is 0.638. The van der Waals surface area contributed by atoms with E-state index < -0.39 is 0 Å². The van der Waals surface area contributed by atoms with Crippen molar-refractivity contribution < 1.29 is 24.7 Å². The first-order valence-electron chi connectivity index (χ1n) is 6.08. The van der Waals surface area contributed by atoms with Crippen molar-refractivity contribution in [1.82, 2.24) is 0 Å². The molecule has 0 aromatic rings. The Morgan fingerprint density at radius 3 is 2.27 bits per heavy atom. The van der Waals surface area contributed by atoms with E-state index in [1.165, 1.54) is 25.7 Å². The van der Waals surface area contributed by atoms with Crippen LogP contribution in [0.2, 0.25) is 5.04 Å². The predicted molar refractivity (Wildman–Crippen MR) is 68.6 cm³/mol. The molecule has 0 heterocycles. The summed E-state index contributed by atoms with van der Waals surface area (Å²) in [6.45, 7) is 12.5. The van der Waals surface area contributed by atoms with Crippen LogP contribution in [0.3, 0.4) is 0 Å². The SMILES string of the molecule is CCCCCCO[SiH2]C(C)(C)C(C)C.[H-].[Li+]. The van der Waals surface area contributed by atoms with Crippen LogP contribution in [0.5, 0.6) is 0 Å². The van der Waals surface area contributed by atoms with Gasteiger partial charge in [0, 0.05) is 6.61 Å². The van der Waals surface area contributed by atoms with Gasteiger partial charge in [0.2, 0.25) is 0 Å². The smallest absolute Gasteiger partial charge is 1.00 e. The van der Waals surface area contributed by atoms with E-state index in [4.69, 9.17) is 4.43 Å². The summed E-state index contributed by atoms with van der Waals surface area (Å²) in [5.74, 6) is 0.754. The van der Waals surface area contributed by atoms with Gasteiger partial charge in [0.1, 0.15) is 0 Å². The van der Waals surface area contributed by atoms with Crippen LogP contribution in [0.4, 0.5) is 0 Å². The topological polar surface area (TPSA) is 9.23 Å². The Hall–Kier alpha value is 0.774. The van der Waals surface area contributed by atoms with Gasteiger partial charge in [0.05, 0.1) is 0 Å². The summed E-state index contributed by atoms with van der Waals surface area (Å²) in [5.41, 5.74) is 0. The molecule has 0 rings (SSSR count). The van der Waals surface area contributed by atoms with Crippen LogP contribution in [0, 0.1) is 5.92 Å². The summed E-state index contributed by atoms with van der Waals surface area (Å²) in [5, 5.41) is 0.463. The minimum atomic E-state index is -0.342. The fraction of sp³-hybridized carbons (Fsp3) is 1.00. The molecule has 0 atom stereocenters. The molecule has 0 amide bonds. The van der Waals surface area contributed by atoms with Crippen LogP contribution in [-0.2, 0) is 4.43 Å². The molecule has 0 unspecified atom stereocenters. The van der Waals surface area contributed by atoms with Gasteiger partial charge in [-0.05, 0) is 17.4 Å². The molecule has 0 aliphatic carbocycles. The minimum Gasteiger partial charge on any atom is -1.00 e. The van der Waals surface area contributed by atoms with Crippen molar-refractivity contribution in [2.45, 2.75) is 65.3 Å². The third kappa shape index (κ3) is 9.69. The molecule has 0 N–H and O–H groups in total. The third-order valence-electron chi connectivity index (χ3n) is 3.18. The number of hydrogen-bond acceptors (Lipinski definition) is 1. The second-order valence-corrected chi connectivity index (χ2v) is 7.78. The second kappa shape index (κ2) is 9.96. The maximum absolute atomic E-state index is 5.85. The molecule has 0 bridgehead atoms. The summed E-state index contributed by atoms with van der Waals surface area (Å²) in [6.07, 6.45) is 5.27. The molecule has 0 spiro atoms. The van der Waals surface area contributed by atoms with E-state index in [0.717, 1.165) is 12.5 Å². The first-order valence-corrected chi connectivity index (χ1v) is 7.37. The second-order valence-electron chi connectivity index (χ2n) is 5.26. The summed E-state index contributed by atoms with van der Waals surface area (Å²) >= 11 is 0. The van der Waals surface area contributed by atoms with Gasteiger partial charge in [0.25, 0.3) is 0 Å². The zero-order valence-corrected chi connectivity index (χ0v) is 13.1. The normalized spacial score (nSPS) is 12.4. The molecule has 0 saturated heterocycles. The van der Waals surface area contributed by atoms with Crippen molar-refractivity contribution in [1.29, 1.82) is 0 Å². The molecule has 0 saturated carbocycles. The van der Waals surface area contributed by atoms with Crippen LogP contribution in [0.15, 0.2) is 0 Å². The van der Waals surface area contributed by atoms with Crippen molar-refractivity contribution in [2.24, 2.45) is 5.92 Å². The van der Waals surface area contributed by atoms with E-state index in [9.17, 15) is 0 Å². The van der Waals surface area contributed by atoms with Gasteiger partial charge in [-0.2, -0.15) is 0 Å². The van der Waals surface area contributed by atoms with E-state index in [0.29, 0.717) is 5.04 Å². The van der Waals surface area contributed by atoms with Gasteiger partial charge in [-0.1, -0.05) is 53.9 Å². The van der Waals surface area contributed by atoms with Crippen molar-refractivity contribution >= 4 is 9.76 Å².